The van der Waals surface area contributed by atoms with Crippen molar-refractivity contribution < 1.29 is 14.6 Å². The molecule has 5 nitrogen and oxygen atoms in total. The van der Waals surface area contributed by atoms with Crippen molar-refractivity contribution in [3.63, 3.8) is 0 Å². The van der Waals surface area contributed by atoms with E-state index in [-0.39, 0.29) is 5.88 Å². The van der Waals surface area contributed by atoms with Gasteiger partial charge in [-0.05, 0) is 0 Å². The molecule has 1 N–H and O–H groups in total. The Bertz CT molecular complexity index is 224. The summed E-state index contributed by atoms with van der Waals surface area (Å²) in [6.07, 6.45) is 2.60. The lowest BCUT2D eigenvalue weighted by atomic mass is 10.7. The van der Waals surface area contributed by atoms with Crippen LogP contribution in [0.4, 0.5) is 4.79 Å². The average molecular weight is 140 g/mol. The van der Waals surface area contributed by atoms with Gasteiger partial charge in [0, 0.05) is 12.4 Å². The third-order valence-corrected chi connectivity index (χ3v) is 0.731. The predicted octanol–water partition coefficient (Wildman–Crippen LogP) is 0.533. The summed E-state index contributed by atoms with van der Waals surface area (Å²) in [5.74, 6) is -0.0185. The number of nitrogens with zero attached hydrogens (tertiary/aromatic N) is 2. The molecule has 10 heavy (non-hydrogen) atoms. The van der Waals surface area contributed by atoms with E-state index in [4.69, 9.17) is 5.11 Å². The highest BCUT2D eigenvalue weighted by Gasteiger charge is 1.98. The summed E-state index contributed by atoms with van der Waals surface area (Å²) in [6, 6.07) is 0. The lowest BCUT2D eigenvalue weighted by Crippen LogP contribution is -2.04. The Kier molecular flexibility index (Phi) is 1.79. The minimum Gasteiger partial charge on any atom is -0.449 e. The van der Waals surface area contributed by atoms with Crippen LogP contribution in [0.3, 0.4) is 0 Å². The molecule has 0 aliphatic carbocycles. The molecular formula is C5H4N2O3. The predicted molar refractivity (Wildman–Crippen MR) is 30.7 cm³/mol. The summed E-state index contributed by atoms with van der Waals surface area (Å²) in [4.78, 5) is 17.0. The summed E-state index contributed by atoms with van der Waals surface area (Å²) >= 11 is 0. The van der Waals surface area contributed by atoms with E-state index in [1.807, 2.05) is 0 Å². The highest BCUT2D eigenvalue weighted by Crippen LogP contribution is 1.99. The summed E-state index contributed by atoms with van der Waals surface area (Å²) < 4.78 is 4.16. The molecular weight excluding hydrogens is 136 g/mol. The van der Waals surface area contributed by atoms with Crippen molar-refractivity contribution in [3.8, 4) is 5.88 Å². The SMILES string of the molecule is O=C(O)Oc1cnccn1. The molecule has 5 heteroatoms. The molecule has 0 amide bonds. The Morgan fingerprint density at radius 2 is 2.40 bits per heavy atom. The Morgan fingerprint density at radius 1 is 1.60 bits per heavy atom. The van der Waals surface area contributed by atoms with Gasteiger partial charge in [0.15, 0.2) is 0 Å². The van der Waals surface area contributed by atoms with Crippen molar-refractivity contribution in [2.24, 2.45) is 0 Å². The Morgan fingerprint density at radius 3 is 2.90 bits per heavy atom. The Labute approximate surface area is 56.3 Å². The van der Waals surface area contributed by atoms with Gasteiger partial charge in [-0.2, -0.15) is 0 Å². The van der Waals surface area contributed by atoms with E-state index in [0.29, 0.717) is 0 Å². The molecule has 1 heterocycles. The second-order valence-corrected chi connectivity index (χ2v) is 1.41. The zero-order valence-corrected chi connectivity index (χ0v) is 4.89. The van der Waals surface area contributed by atoms with Crippen LogP contribution < -0.4 is 4.74 Å². The Hall–Kier alpha value is -1.65. The fraction of sp³-hybridized carbons (Fsp3) is 0. The summed E-state index contributed by atoms with van der Waals surface area (Å²) in [5.41, 5.74) is 0. The van der Waals surface area contributed by atoms with Gasteiger partial charge >= 0.3 is 6.16 Å². The van der Waals surface area contributed by atoms with Crippen LogP contribution >= 0.6 is 0 Å². The second-order valence-electron chi connectivity index (χ2n) is 1.41. The molecule has 0 spiro atoms. The van der Waals surface area contributed by atoms with Crippen molar-refractivity contribution in [2.75, 3.05) is 0 Å². The first-order valence-corrected chi connectivity index (χ1v) is 2.46. The molecule has 1 aromatic rings. The first-order valence-electron chi connectivity index (χ1n) is 2.46. The van der Waals surface area contributed by atoms with Gasteiger partial charge in [-0.3, -0.25) is 4.98 Å². The van der Waals surface area contributed by atoms with Crippen LogP contribution in [0.15, 0.2) is 18.6 Å². The highest BCUT2D eigenvalue weighted by atomic mass is 16.7. The molecule has 0 radical (unpaired) electrons. The number of hydrogen-bond acceptors (Lipinski definition) is 4. The third-order valence-electron chi connectivity index (χ3n) is 0.731. The van der Waals surface area contributed by atoms with Crippen LogP contribution in [0, 0.1) is 0 Å². The van der Waals surface area contributed by atoms with E-state index < -0.39 is 6.16 Å². The van der Waals surface area contributed by atoms with Gasteiger partial charge in [0.1, 0.15) is 0 Å². The van der Waals surface area contributed by atoms with Gasteiger partial charge in [0.2, 0.25) is 5.88 Å². The minimum atomic E-state index is -1.39. The second kappa shape index (κ2) is 2.77. The molecule has 1 aromatic heterocycles. The number of rotatable bonds is 1. The van der Waals surface area contributed by atoms with Gasteiger partial charge in [-0.15, -0.1) is 0 Å². The maximum Gasteiger partial charge on any atom is 0.512 e. The molecule has 52 valence electrons. The molecule has 0 saturated heterocycles. The smallest absolute Gasteiger partial charge is 0.449 e. The monoisotopic (exact) mass is 140 g/mol. The van der Waals surface area contributed by atoms with Crippen LogP contribution in [0.2, 0.25) is 0 Å². The summed E-state index contributed by atoms with van der Waals surface area (Å²) in [5, 5.41) is 8.08. The van der Waals surface area contributed by atoms with Crippen molar-refractivity contribution >= 4 is 6.16 Å². The largest absolute Gasteiger partial charge is 0.512 e. The number of hydrogen-bond donors (Lipinski definition) is 1. The van der Waals surface area contributed by atoms with E-state index in [0.717, 1.165) is 0 Å². The van der Waals surface area contributed by atoms with E-state index in [2.05, 4.69) is 14.7 Å². The van der Waals surface area contributed by atoms with E-state index >= 15 is 0 Å². The molecule has 0 aromatic carbocycles. The minimum absolute atomic E-state index is 0.0185. The topological polar surface area (TPSA) is 72.3 Å². The molecule has 0 saturated carbocycles. The third kappa shape index (κ3) is 1.70. The maximum atomic E-state index is 9.88. The first-order chi connectivity index (χ1) is 4.79. The van der Waals surface area contributed by atoms with Crippen LogP contribution in [0.1, 0.15) is 0 Å². The van der Waals surface area contributed by atoms with Crippen molar-refractivity contribution in [2.45, 2.75) is 0 Å². The molecule has 1 rings (SSSR count). The number of ether oxygens (including phenoxy) is 1. The fourth-order valence-corrected chi connectivity index (χ4v) is 0.428. The van der Waals surface area contributed by atoms with Crippen LogP contribution in [0.25, 0.3) is 0 Å². The van der Waals surface area contributed by atoms with E-state index in [1.165, 1.54) is 18.6 Å². The molecule has 0 aliphatic heterocycles. The number of aromatic nitrogens is 2. The van der Waals surface area contributed by atoms with Crippen LogP contribution in [0.5, 0.6) is 5.88 Å². The van der Waals surface area contributed by atoms with E-state index in [9.17, 15) is 4.79 Å². The zero-order chi connectivity index (χ0) is 7.40. The van der Waals surface area contributed by atoms with E-state index in [1.54, 1.807) is 0 Å². The van der Waals surface area contributed by atoms with Crippen molar-refractivity contribution in [3.05, 3.63) is 18.6 Å². The average Bonchev–Trinajstić information content (AvgIpc) is 1.88. The lowest BCUT2D eigenvalue weighted by molar-refractivity contribution is 0.142. The van der Waals surface area contributed by atoms with Gasteiger partial charge in [0.05, 0.1) is 6.20 Å². The van der Waals surface area contributed by atoms with Gasteiger partial charge in [-0.25, -0.2) is 9.78 Å². The van der Waals surface area contributed by atoms with Crippen molar-refractivity contribution in [1.29, 1.82) is 0 Å². The van der Waals surface area contributed by atoms with Gasteiger partial charge < -0.3 is 9.84 Å². The quantitative estimate of drug-likeness (QED) is 0.576. The molecule has 0 unspecified atom stereocenters. The Balaban J connectivity index is 2.67. The van der Waals surface area contributed by atoms with Crippen LogP contribution in [-0.4, -0.2) is 21.2 Å². The molecule has 0 fully saturated rings. The standard InChI is InChI=1S/C5H4N2O3/c8-5(9)10-4-3-6-1-2-7-4/h1-3H,(H,8,9). The number of carboxylic acid groups (broad SMARTS) is 1. The number of carbonyl (C=O) groups is 1. The molecule has 0 aliphatic rings. The maximum absolute atomic E-state index is 9.88. The van der Waals surface area contributed by atoms with Crippen LogP contribution in [-0.2, 0) is 0 Å². The van der Waals surface area contributed by atoms with Gasteiger partial charge in [-0.1, -0.05) is 0 Å². The highest BCUT2D eigenvalue weighted by molar-refractivity contribution is 5.59. The lowest BCUT2D eigenvalue weighted by Gasteiger charge is -1.93. The molecule has 0 atom stereocenters. The van der Waals surface area contributed by atoms with Gasteiger partial charge in [0.25, 0.3) is 0 Å². The summed E-state index contributed by atoms with van der Waals surface area (Å²) in [6.45, 7) is 0. The zero-order valence-electron chi connectivity index (χ0n) is 4.89. The normalized spacial score (nSPS) is 8.80. The van der Waals surface area contributed by atoms with Crippen molar-refractivity contribution in [1.82, 2.24) is 9.97 Å². The fourth-order valence-electron chi connectivity index (χ4n) is 0.428. The summed E-state index contributed by atoms with van der Waals surface area (Å²) in [7, 11) is 0. The first kappa shape index (κ1) is 6.47. The molecule has 0 bridgehead atoms.